The van der Waals surface area contributed by atoms with Crippen molar-refractivity contribution in [2.24, 2.45) is 0 Å². The summed E-state index contributed by atoms with van der Waals surface area (Å²) < 4.78 is 12.8. The highest BCUT2D eigenvalue weighted by Gasteiger charge is 2.21. The average Bonchev–Trinajstić information content (AvgIpc) is 3.47. The number of hydrogen-bond donors (Lipinski definition) is 0. The van der Waals surface area contributed by atoms with E-state index in [1.165, 1.54) is 11.8 Å². The molecule has 0 aliphatic carbocycles. The molecule has 0 amide bonds. The Kier molecular flexibility index (Phi) is 6.19. The maximum atomic E-state index is 13.2. The van der Waals surface area contributed by atoms with Gasteiger partial charge < -0.3 is 9.26 Å². The van der Waals surface area contributed by atoms with Gasteiger partial charge in [-0.2, -0.15) is 4.98 Å². The van der Waals surface area contributed by atoms with Crippen LogP contribution in [-0.4, -0.2) is 32.4 Å². The van der Waals surface area contributed by atoms with E-state index in [-0.39, 0.29) is 11.7 Å². The molecule has 0 bridgehead atoms. The number of thioether (sulfide) groups is 1. The van der Waals surface area contributed by atoms with Crippen molar-refractivity contribution in [1.82, 2.24) is 19.7 Å². The zero-order valence-electron chi connectivity index (χ0n) is 16.8. The topological polar surface area (TPSA) is 83.0 Å². The third-order valence-corrected chi connectivity index (χ3v) is 6.73. The van der Waals surface area contributed by atoms with Gasteiger partial charge in [0.2, 0.25) is 11.7 Å². The molecule has 1 aliphatic rings. The molecule has 0 N–H and O–H groups in total. The van der Waals surface area contributed by atoms with E-state index in [1.54, 1.807) is 28.8 Å². The summed E-state index contributed by atoms with van der Waals surface area (Å²) in [6.45, 7) is 1.16. The smallest absolute Gasteiger partial charge is 0.262 e. The molecule has 3 heterocycles. The third-order valence-electron chi connectivity index (χ3n) is 5.20. The number of benzene rings is 2. The third kappa shape index (κ3) is 4.41. The molecule has 1 atom stereocenters. The quantitative estimate of drug-likeness (QED) is 0.271. The summed E-state index contributed by atoms with van der Waals surface area (Å²) in [6.07, 6.45) is 1.90. The summed E-state index contributed by atoms with van der Waals surface area (Å²) in [5.74, 6) is 1.18. The summed E-state index contributed by atoms with van der Waals surface area (Å²) >= 11 is 13.7. The molecule has 0 unspecified atom stereocenters. The van der Waals surface area contributed by atoms with E-state index in [4.69, 9.17) is 37.4 Å². The fourth-order valence-corrected chi connectivity index (χ4v) is 4.86. The Morgan fingerprint density at radius 2 is 2.03 bits per heavy atom. The van der Waals surface area contributed by atoms with Crippen molar-refractivity contribution in [2.75, 3.05) is 6.61 Å². The monoisotopic (exact) mass is 488 g/mol. The van der Waals surface area contributed by atoms with Crippen molar-refractivity contribution in [3.05, 3.63) is 68.8 Å². The van der Waals surface area contributed by atoms with Crippen molar-refractivity contribution < 1.29 is 9.26 Å². The first-order valence-electron chi connectivity index (χ1n) is 10.1. The van der Waals surface area contributed by atoms with Gasteiger partial charge in [0, 0.05) is 17.2 Å². The van der Waals surface area contributed by atoms with E-state index in [9.17, 15) is 4.79 Å². The predicted octanol–water partition coefficient (Wildman–Crippen LogP) is 5.22. The number of halogens is 2. The summed E-state index contributed by atoms with van der Waals surface area (Å²) in [5.41, 5.74) is 1.13. The minimum Gasteiger partial charge on any atom is -0.376 e. The van der Waals surface area contributed by atoms with Gasteiger partial charge in [-0.25, -0.2) is 4.98 Å². The molecule has 7 nitrogen and oxygen atoms in total. The number of rotatable bonds is 6. The standard InChI is InChI=1S/C22H18Cl2N4O3S/c23-13-7-8-16-18(10-13)25-22(28(21(16)29)11-14-4-3-9-30-14)32-12-19-26-20(27-31-19)15-5-1-2-6-17(15)24/h1-2,5-8,10,14H,3-4,9,11-12H2/t14-/m1/s1. The van der Waals surface area contributed by atoms with Crippen molar-refractivity contribution in [3.63, 3.8) is 0 Å². The summed E-state index contributed by atoms with van der Waals surface area (Å²) in [7, 11) is 0. The van der Waals surface area contributed by atoms with Gasteiger partial charge in [0.1, 0.15) is 0 Å². The lowest BCUT2D eigenvalue weighted by Gasteiger charge is -2.16. The molecule has 5 rings (SSSR count). The first kappa shape index (κ1) is 21.5. The van der Waals surface area contributed by atoms with Gasteiger partial charge >= 0.3 is 0 Å². The first-order valence-corrected chi connectivity index (χ1v) is 11.8. The molecule has 0 spiro atoms. The highest BCUT2D eigenvalue weighted by atomic mass is 35.5. The van der Waals surface area contributed by atoms with Crippen LogP contribution in [0.2, 0.25) is 10.0 Å². The molecule has 2 aromatic carbocycles. The van der Waals surface area contributed by atoms with Crippen LogP contribution < -0.4 is 5.56 Å². The Labute approximate surface area is 197 Å². The van der Waals surface area contributed by atoms with E-state index in [0.717, 1.165) is 12.8 Å². The lowest BCUT2D eigenvalue weighted by Crippen LogP contribution is -2.28. The van der Waals surface area contributed by atoms with Crippen LogP contribution in [0.4, 0.5) is 0 Å². The highest BCUT2D eigenvalue weighted by molar-refractivity contribution is 7.98. The minimum absolute atomic E-state index is 0.00571. The maximum Gasteiger partial charge on any atom is 0.262 e. The van der Waals surface area contributed by atoms with Gasteiger partial charge in [0.15, 0.2) is 5.16 Å². The van der Waals surface area contributed by atoms with Crippen LogP contribution in [0.15, 0.2) is 56.9 Å². The van der Waals surface area contributed by atoms with Gasteiger partial charge in [-0.3, -0.25) is 9.36 Å². The first-order chi connectivity index (χ1) is 15.6. The molecular weight excluding hydrogens is 471 g/mol. The van der Waals surface area contributed by atoms with Gasteiger partial charge in [-0.05, 0) is 43.2 Å². The molecule has 164 valence electrons. The number of ether oxygens (including phenoxy) is 1. The van der Waals surface area contributed by atoms with Crippen LogP contribution in [-0.2, 0) is 17.0 Å². The average molecular weight is 489 g/mol. The molecule has 1 saturated heterocycles. The fourth-order valence-electron chi connectivity index (χ4n) is 3.63. The lowest BCUT2D eigenvalue weighted by atomic mass is 10.2. The SMILES string of the molecule is O=c1c2ccc(Cl)cc2nc(SCc2nc(-c3ccccc3Cl)no2)n1C[C@H]1CCCO1. The second-order valence-electron chi connectivity index (χ2n) is 7.39. The Balaban J connectivity index is 1.45. The fraction of sp³-hybridized carbons (Fsp3) is 0.273. The molecule has 1 fully saturated rings. The number of fused-ring (bicyclic) bond motifs is 1. The van der Waals surface area contributed by atoms with E-state index in [1.807, 2.05) is 18.2 Å². The van der Waals surface area contributed by atoms with Crippen LogP contribution in [0.5, 0.6) is 0 Å². The van der Waals surface area contributed by atoms with Gasteiger partial charge in [-0.1, -0.05) is 52.3 Å². The number of aromatic nitrogens is 4. The maximum absolute atomic E-state index is 13.2. The molecule has 10 heteroatoms. The largest absolute Gasteiger partial charge is 0.376 e. The van der Waals surface area contributed by atoms with E-state index < -0.39 is 0 Å². The summed E-state index contributed by atoms with van der Waals surface area (Å²) in [6, 6.07) is 12.4. The van der Waals surface area contributed by atoms with E-state index >= 15 is 0 Å². The number of nitrogens with zero attached hydrogens (tertiary/aromatic N) is 4. The molecule has 0 radical (unpaired) electrons. The summed E-state index contributed by atoms with van der Waals surface area (Å²) in [5, 5.41) is 6.18. The summed E-state index contributed by atoms with van der Waals surface area (Å²) in [4.78, 5) is 22.4. The molecule has 1 aliphatic heterocycles. The predicted molar refractivity (Wildman–Crippen MR) is 124 cm³/mol. The molecular formula is C22H18Cl2N4O3S. The van der Waals surface area contributed by atoms with E-state index in [2.05, 4.69) is 10.1 Å². The molecule has 4 aromatic rings. The zero-order chi connectivity index (χ0) is 22.1. The van der Waals surface area contributed by atoms with Crippen molar-refractivity contribution >= 4 is 45.9 Å². The lowest BCUT2D eigenvalue weighted by molar-refractivity contribution is 0.0937. The van der Waals surface area contributed by atoms with Gasteiger partial charge in [-0.15, -0.1) is 0 Å². The highest BCUT2D eigenvalue weighted by Crippen LogP contribution is 2.28. The van der Waals surface area contributed by atoms with Crippen molar-refractivity contribution in [2.45, 2.75) is 36.4 Å². The van der Waals surface area contributed by atoms with Gasteiger partial charge in [0.05, 0.1) is 34.3 Å². The minimum atomic E-state index is -0.119. The second-order valence-corrected chi connectivity index (χ2v) is 9.17. The van der Waals surface area contributed by atoms with Crippen LogP contribution in [0.25, 0.3) is 22.3 Å². The molecule has 2 aromatic heterocycles. The van der Waals surface area contributed by atoms with Crippen LogP contribution in [0, 0.1) is 0 Å². The molecule has 32 heavy (non-hydrogen) atoms. The van der Waals surface area contributed by atoms with Crippen LogP contribution >= 0.6 is 35.0 Å². The Bertz CT molecular complexity index is 1330. The Morgan fingerprint density at radius 3 is 2.84 bits per heavy atom. The van der Waals surface area contributed by atoms with Crippen LogP contribution in [0.1, 0.15) is 18.7 Å². The van der Waals surface area contributed by atoms with Crippen molar-refractivity contribution in [3.8, 4) is 11.4 Å². The zero-order valence-corrected chi connectivity index (χ0v) is 19.2. The van der Waals surface area contributed by atoms with E-state index in [0.29, 0.717) is 62.3 Å². The van der Waals surface area contributed by atoms with Crippen LogP contribution in [0.3, 0.4) is 0 Å². The normalized spacial score (nSPS) is 16.1. The second kappa shape index (κ2) is 9.23. The Hall–Kier alpha value is -2.39. The Morgan fingerprint density at radius 1 is 1.16 bits per heavy atom. The van der Waals surface area contributed by atoms with Crippen molar-refractivity contribution in [1.29, 1.82) is 0 Å². The van der Waals surface area contributed by atoms with Gasteiger partial charge in [0.25, 0.3) is 5.56 Å². The molecule has 0 saturated carbocycles. The number of hydrogen-bond acceptors (Lipinski definition) is 7.